The van der Waals surface area contributed by atoms with Crippen LogP contribution in [0.15, 0.2) is 12.1 Å². The van der Waals surface area contributed by atoms with Gasteiger partial charge < -0.3 is 14.8 Å². The van der Waals surface area contributed by atoms with Gasteiger partial charge in [-0.1, -0.05) is 13.8 Å². The molecule has 0 aliphatic rings. The van der Waals surface area contributed by atoms with Gasteiger partial charge >= 0.3 is 5.97 Å². The van der Waals surface area contributed by atoms with Gasteiger partial charge in [-0.05, 0) is 25.0 Å². The van der Waals surface area contributed by atoms with Crippen molar-refractivity contribution in [2.24, 2.45) is 0 Å². The quantitative estimate of drug-likeness (QED) is 0.788. The number of esters is 1. The van der Waals surface area contributed by atoms with Crippen molar-refractivity contribution in [3.8, 4) is 5.88 Å². The molecule has 1 rings (SSSR count). The number of methoxy groups -OCH3 is 2. The van der Waals surface area contributed by atoms with Gasteiger partial charge in [0.05, 0.1) is 14.2 Å². The smallest absolute Gasteiger partial charge is 0.343 e. The molecule has 0 amide bonds. The Labute approximate surface area is 108 Å². The molecule has 5 heteroatoms. The summed E-state index contributed by atoms with van der Waals surface area (Å²) in [4.78, 5) is 15.7. The number of nitrogens with one attached hydrogen (secondary N) is 1. The van der Waals surface area contributed by atoms with Crippen molar-refractivity contribution in [1.82, 2.24) is 4.98 Å². The molecule has 100 valence electrons. The number of hydrogen-bond acceptors (Lipinski definition) is 5. The van der Waals surface area contributed by atoms with E-state index in [-0.39, 0.29) is 5.88 Å². The van der Waals surface area contributed by atoms with E-state index in [0.29, 0.717) is 17.4 Å². The maximum atomic E-state index is 11.5. The molecule has 0 atom stereocenters. The lowest BCUT2D eigenvalue weighted by Gasteiger charge is -2.16. The van der Waals surface area contributed by atoms with Crippen molar-refractivity contribution >= 4 is 11.8 Å². The van der Waals surface area contributed by atoms with Crippen molar-refractivity contribution in [3.05, 3.63) is 17.7 Å². The first-order chi connectivity index (χ1) is 8.65. The molecule has 1 N–H and O–H groups in total. The van der Waals surface area contributed by atoms with Gasteiger partial charge in [-0.3, -0.25) is 0 Å². The summed E-state index contributed by atoms with van der Waals surface area (Å²) in [6.07, 6.45) is 2.03. The van der Waals surface area contributed by atoms with Gasteiger partial charge in [-0.2, -0.15) is 4.98 Å². The second-order valence-electron chi connectivity index (χ2n) is 3.90. The molecule has 18 heavy (non-hydrogen) atoms. The Morgan fingerprint density at radius 2 is 2.00 bits per heavy atom. The summed E-state index contributed by atoms with van der Waals surface area (Å²) in [5.41, 5.74) is 0.329. The highest BCUT2D eigenvalue weighted by atomic mass is 16.5. The largest absolute Gasteiger partial charge is 0.480 e. The Bertz CT molecular complexity index is 403. The van der Waals surface area contributed by atoms with Gasteiger partial charge in [0.2, 0.25) is 5.88 Å². The molecule has 0 saturated carbocycles. The molecule has 0 fully saturated rings. The summed E-state index contributed by atoms with van der Waals surface area (Å²) < 4.78 is 9.77. The van der Waals surface area contributed by atoms with Crippen molar-refractivity contribution < 1.29 is 14.3 Å². The van der Waals surface area contributed by atoms with Gasteiger partial charge in [0.15, 0.2) is 0 Å². The molecule has 0 aliphatic carbocycles. The summed E-state index contributed by atoms with van der Waals surface area (Å²) in [5.74, 6) is 0.527. The van der Waals surface area contributed by atoms with Gasteiger partial charge in [-0.25, -0.2) is 4.79 Å². The lowest BCUT2D eigenvalue weighted by molar-refractivity contribution is 0.0596. The molecular formula is C13H20N2O3. The molecule has 0 radical (unpaired) electrons. The third kappa shape index (κ3) is 3.35. The maximum Gasteiger partial charge on any atom is 0.343 e. The predicted molar refractivity (Wildman–Crippen MR) is 70.1 cm³/mol. The fraction of sp³-hybridized carbons (Fsp3) is 0.538. The summed E-state index contributed by atoms with van der Waals surface area (Å²) in [6.45, 7) is 4.22. The molecule has 1 heterocycles. The molecule has 0 unspecified atom stereocenters. The van der Waals surface area contributed by atoms with E-state index in [1.165, 1.54) is 14.2 Å². The minimum absolute atomic E-state index is 0.276. The van der Waals surface area contributed by atoms with Crippen LogP contribution in [-0.4, -0.2) is 31.2 Å². The zero-order valence-electron chi connectivity index (χ0n) is 11.3. The van der Waals surface area contributed by atoms with Crippen LogP contribution in [0.5, 0.6) is 5.88 Å². The van der Waals surface area contributed by atoms with Crippen LogP contribution in [0.3, 0.4) is 0 Å². The number of nitrogens with zero attached hydrogens (tertiary/aromatic N) is 1. The molecule has 1 aromatic heterocycles. The first kappa shape index (κ1) is 14.3. The standard InChI is InChI=1S/C13H20N2O3/c1-5-9(6-2)14-11-8-7-10(13(16)18-4)12(15-11)17-3/h7-9H,5-6H2,1-4H3,(H,14,15). The van der Waals surface area contributed by atoms with E-state index in [0.717, 1.165) is 12.8 Å². The average Bonchev–Trinajstić information content (AvgIpc) is 2.43. The number of anilines is 1. The highest BCUT2D eigenvalue weighted by Crippen LogP contribution is 2.20. The number of carbonyl (C=O) groups excluding carboxylic acids is 1. The molecule has 0 aromatic carbocycles. The minimum atomic E-state index is -0.451. The van der Waals surface area contributed by atoms with Crippen LogP contribution < -0.4 is 10.1 Å². The summed E-state index contributed by atoms with van der Waals surface area (Å²) in [7, 11) is 2.81. The number of rotatable bonds is 6. The Morgan fingerprint density at radius 3 is 2.50 bits per heavy atom. The molecule has 5 nitrogen and oxygen atoms in total. The van der Waals surface area contributed by atoms with Crippen molar-refractivity contribution in [2.45, 2.75) is 32.7 Å². The van der Waals surface area contributed by atoms with E-state index >= 15 is 0 Å². The lowest BCUT2D eigenvalue weighted by atomic mass is 10.2. The van der Waals surface area contributed by atoms with E-state index in [1.807, 2.05) is 0 Å². The van der Waals surface area contributed by atoms with Gasteiger partial charge in [0.1, 0.15) is 11.4 Å². The monoisotopic (exact) mass is 252 g/mol. The topological polar surface area (TPSA) is 60.5 Å². The van der Waals surface area contributed by atoms with Crippen molar-refractivity contribution in [1.29, 1.82) is 0 Å². The third-order valence-electron chi connectivity index (χ3n) is 2.80. The molecule has 0 bridgehead atoms. The van der Waals surface area contributed by atoms with E-state index in [2.05, 4.69) is 28.9 Å². The maximum absolute atomic E-state index is 11.5. The van der Waals surface area contributed by atoms with Crippen LogP contribution in [0.2, 0.25) is 0 Å². The molecular weight excluding hydrogens is 232 g/mol. The van der Waals surface area contributed by atoms with E-state index in [1.54, 1.807) is 12.1 Å². The SMILES string of the molecule is CCC(CC)Nc1ccc(C(=O)OC)c(OC)n1. The van der Waals surface area contributed by atoms with E-state index < -0.39 is 5.97 Å². The number of ether oxygens (including phenoxy) is 2. The highest BCUT2D eigenvalue weighted by molar-refractivity contribution is 5.92. The second-order valence-corrected chi connectivity index (χ2v) is 3.90. The Balaban J connectivity index is 2.94. The fourth-order valence-corrected chi connectivity index (χ4v) is 1.64. The zero-order valence-corrected chi connectivity index (χ0v) is 11.3. The highest BCUT2D eigenvalue weighted by Gasteiger charge is 2.15. The predicted octanol–water partition coefficient (Wildman–Crippen LogP) is 2.48. The van der Waals surface area contributed by atoms with Gasteiger partial charge in [-0.15, -0.1) is 0 Å². The van der Waals surface area contributed by atoms with Crippen LogP contribution in [0, 0.1) is 0 Å². The van der Waals surface area contributed by atoms with Crippen molar-refractivity contribution in [3.63, 3.8) is 0 Å². The number of aromatic nitrogens is 1. The Kier molecular flexibility index (Phi) is 5.42. The fourth-order valence-electron chi connectivity index (χ4n) is 1.64. The van der Waals surface area contributed by atoms with Crippen LogP contribution in [-0.2, 0) is 4.74 Å². The van der Waals surface area contributed by atoms with Crippen molar-refractivity contribution in [2.75, 3.05) is 19.5 Å². The molecule has 0 saturated heterocycles. The van der Waals surface area contributed by atoms with Crippen LogP contribution in [0.1, 0.15) is 37.0 Å². The second kappa shape index (κ2) is 6.83. The zero-order chi connectivity index (χ0) is 13.5. The number of hydrogen-bond donors (Lipinski definition) is 1. The summed E-state index contributed by atoms with van der Waals surface area (Å²) in [5, 5.41) is 3.29. The molecule has 1 aromatic rings. The number of carbonyl (C=O) groups is 1. The average molecular weight is 252 g/mol. The lowest BCUT2D eigenvalue weighted by Crippen LogP contribution is -2.18. The van der Waals surface area contributed by atoms with Crippen LogP contribution in [0.4, 0.5) is 5.82 Å². The third-order valence-corrected chi connectivity index (χ3v) is 2.80. The molecule has 0 spiro atoms. The first-order valence-electron chi connectivity index (χ1n) is 6.06. The Morgan fingerprint density at radius 1 is 1.33 bits per heavy atom. The van der Waals surface area contributed by atoms with Gasteiger partial charge in [0, 0.05) is 6.04 Å². The van der Waals surface area contributed by atoms with E-state index in [4.69, 9.17) is 4.74 Å². The Hall–Kier alpha value is -1.78. The minimum Gasteiger partial charge on any atom is -0.480 e. The normalized spacial score (nSPS) is 10.3. The summed E-state index contributed by atoms with van der Waals surface area (Å²) >= 11 is 0. The summed E-state index contributed by atoms with van der Waals surface area (Å²) in [6, 6.07) is 3.78. The van der Waals surface area contributed by atoms with Crippen LogP contribution >= 0.6 is 0 Å². The number of pyridine rings is 1. The van der Waals surface area contributed by atoms with Gasteiger partial charge in [0.25, 0.3) is 0 Å². The first-order valence-corrected chi connectivity index (χ1v) is 6.06. The molecule has 0 aliphatic heterocycles. The van der Waals surface area contributed by atoms with E-state index in [9.17, 15) is 4.79 Å². The van der Waals surface area contributed by atoms with Crippen LogP contribution in [0.25, 0.3) is 0 Å².